The lowest BCUT2D eigenvalue weighted by molar-refractivity contribution is 0.102. The first-order chi connectivity index (χ1) is 14.1. The van der Waals surface area contributed by atoms with Crippen LogP contribution in [0.1, 0.15) is 62.4 Å². The minimum atomic E-state index is -3.75. The topological polar surface area (TPSA) is 87.6 Å². The Labute approximate surface area is 178 Å². The number of hydrogen-bond acceptors (Lipinski definition) is 4. The normalized spacial score (nSPS) is 15.1. The van der Waals surface area contributed by atoms with Gasteiger partial charge in [0, 0.05) is 24.2 Å². The minimum absolute atomic E-state index is 0.00629. The zero-order chi connectivity index (χ0) is 21.8. The van der Waals surface area contributed by atoms with E-state index in [-0.39, 0.29) is 16.2 Å². The van der Waals surface area contributed by atoms with Crippen molar-refractivity contribution in [2.75, 3.05) is 11.9 Å². The van der Waals surface area contributed by atoms with Gasteiger partial charge in [-0.3, -0.25) is 14.5 Å². The highest BCUT2D eigenvalue weighted by molar-refractivity contribution is 7.90. The molecule has 0 unspecified atom stereocenters. The van der Waals surface area contributed by atoms with E-state index < -0.39 is 10.0 Å². The van der Waals surface area contributed by atoms with Gasteiger partial charge in [-0.15, -0.1) is 0 Å². The van der Waals surface area contributed by atoms with Crippen LogP contribution in [0.2, 0.25) is 0 Å². The minimum Gasteiger partial charge on any atom is -0.322 e. The monoisotopic (exact) mass is 427 g/mol. The second kappa shape index (κ2) is 9.00. The van der Waals surface area contributed by atoms with Crippen molar-refractivity contribution in [3.63, 3.8) is 0 Å². The highest BCUT2D eigenvalue weighted by Crippen LogP contribution is 2.23. The van der Waals surface area contributed by atoms with Crippen molar-refractivity contribution >= 4 is 27.5 Å². The molecule has 0 atom stereocenters. The second-order valence-electron chi connectivity index (χ2n) is 8.55. The Morgan fingerprint density at radius 3 is 2.43 bits per heavy atom. The number of carbonyl (C=O) groups is 1. The van der Waals surface area contributed by atoms with Crippen LogP contribution in [0.3, 0.4) is 0 Å². The molecule has 160 valence electrons. The first kappa shape index (κ1) is 22.0. The third kappa shape index (κ3) is 5.69. The number of hydrogen-bond donors (Lipinski definition) is 2. The number of sulfonamides is 1. The molecule has 0 spiro atoms. The second-order valence-corrected chi connectivity index (χ2v) is 10.2. The highest BCUT2D eigenvalue weighted by atomic mass is 32.2. The standard InChI is InChI=1S/C23H29N3O3S/c1-23(2,3)18-13-11-17(12-14-18)22(27)25-19-8-7-9-20(16-19)30(28,29)26-21-10-5-4-6-15-24-21/h7-9,11-14,16H,4-6,10,15H2,1-3H3,(H,24,26)(H,25,27). The summed E-state index contributed by atoms with van der Waals surface area (Å²) >= 11 is 0. The predicted molar refractivity (Wildman–Crippen MR) is 121 cm³/mol. The van der Waals surface area contributed by atoms with Crippen LogP contribution in [0.5, 0.6) is 0 Å². The van der Waals surface area contributed by atoms with E-state index in [1.807, 2.05) is 12.1 Å². The number of benzene rings is 2. The fourth-order valence-electron chi connectivity index (χ4n) is 3.24. The van der Waals surface area contributed by atoms with E-state index in [1.54, 1.807) is 24.3 Å². The summed E-state index contributed by atoms with van der Waals surface area (Å²) in [6.45, 7) is 6.98. The molecule has 2 aromatic rings. The van der Waals surface area contributed by atoms with E-state index in [1.165, 1.54) is 12.1 Å². The molecule has 0 aromatic heterocycles. The SMILES string of the molecule is CC(C)(C)c1ccc(C(=O)Nc2cccc(S(=O)(=O)NC3=NCCCCC3)c2)cc1. The Morgan fingerprint density at radius 2 is 1.73 bits per heavy atom. The van der Waals surface area contributed by atoms with Crippen molar-refractivity contribution in [1.29, 1.82) is 0 Å². The Bertz CT molecular complexity index is 1040. The summed E-state index contributed by atoms with van der Waals surface area (Å²) in [4.78, 5) is 17.0. The molecule has 0 radical (unpaired) electrons. The molecule has 0 saturated carbocycles. The number of nitrogens with one attached hydrogen (secondary N) is 2. The molecule has 2 N–H and O–H groups in total. The van der Waals surface area contributed by atoms with Gasteiger partial charge in [-0.25, -0.2) is 8.42 Å². The molecule has 0 saturated heterocycles. The lowest BCUT2D eigenvalue weighted by atomic mass is 9.87. The maximum atomic E-state index is 12.7. The number of amidine groups is 1. The molecular weight excluding hydrogens is 398 g/mol. The average Bonchev–Trinajstić information content (AvgIpc) is 2.96. The molecule has 0 fully saturated rings. The summed E-state index contributed by atoms with van der Waals surface area (Å²) in [7, 11) is -3.75. The van der Waals surface area contributed by atoms with Gasteiger partial charge in [0.2, 0.25) is 0 Å². The van der Waals surface area contributed by atoms with Gasteiger partial charge in [-0.2, -0.15) is 0 Å². The zero-order valence-corrected chi connectivity index (χ0v) is 18.6. The van der Waals surface area contributed by atoms with Gasteiger partial charge in [-0.1, -0.05) is 45.4 Å². The van der Waals surface area contributed by atoms with Crippen molar-refractivity contribution in [3.8, 4) is 0 Å². The lowest BCUT2D eigenvalue weighted by Gasteiger charge is -2.19. The van der Waals surface area contributed by atoms with E-state index in [2.05, 4.69) is 35.8 Å². The molecule has 6 nitrogen and oxygen atoms in total. The molecule has 3 rings (SSSR count). The van der Waals surface area contributed by atoms with E-state index in [4.69, 9.17) is 0 Å². The Hall–Kier alpha value is -2.67. The van der Waals surface area contributed by atoms with Gasteiger partial charge in [0.05, 0.1) is 4.90 Å². The molecule has 1 aliphatic heterocycles. The number of rotatable bonds is 4. The van der Waals surface area contributed by atoms with Crippen molar-refractivity contribution in [2.24, 2.45) is 4.99 Å². The van der Waals surface area contributed by atoms with Gasteiger partial charge in [0.15, 0.2) is 0 Å². The Balaban J connectivity index is 1.73. The van der Waals surface area contributed by atoms with Crippen molar-refractivity contribution in [3.05, 3.63) is 59.7 Å². The Kier molecular flexibility index (Phi) is 6.61. The van der Waals surface area contributed by atoms with Crippen LogP contribution >= 0.6 is 0 Å². The van der Waals surface area contributed by atoms with Crippen LogP contribution in [0.25, 0.3) is 0 Å². The van der Waals surface area contributed by atoms with Gasteiger partial charge >= 0.3 is 0 Å². The number of aliphatic imine (C=N–C) groups is 1. The summed E-state index contributed by atoms with van der Waals surface area (Å²) in [5.74, 6) is 0.215. The van der Waals surface area contributed by atoms with Crippen LogP contribution in [-0.2, 0) is 15.4 Å². The Morgan fingerprint density at radius 1 is 1.00 bits per heavy atom. The molecule has 1 amide bonds. The largest absolute Gasteiger partial charge is 0.322 e. The smallest absolute Gasteiger partial charge is 0.262 e. The summed E-state index contributed by atoms with van der Waals surface area (Å²) in [6, 6.07) is 13.7. The van der Waals surface area contributed by atoms with Crippen LogP contribution < -0.4 is 10.0 Å². The van der Waals surface area contributed by atoms with Crippen LogP contribution in [-0.4, -0.2) is 26.7 Å². The zero-order valence-electron chi connectivity index (χ0n) is 17.7. The van der Waals surface area contributed by atoms with Crippen molar-refractivity contribution in [2.45, 2.75) is 56.8 Å². The lowest BCUT2D eigenvalue weighted by Crippen LogP contribution is -2.30. The molecule has 0 aliphatic carbocycles. The van der Waals surface area contributed by atoms with Crippen molar-refractivity contribution < 1.29 is 13.2 Å². The third-order valence-electron chi connectivity index (χ3n) is 5.04. The summed E-state index contributed by atoms with van der Waals surface area (Å²) in [6.07, 6.45) is 3.57. The predicted octanol–water partition coefficient (Wildman–Crippen LogP) is 4.49. The molecule has 1 aliphatic rings. The first-order valence-electron chi connectivity index (χ1n) is 10.2. The van der Waals surface area contributed by atoms with Gasteiger partial charge in [-0.05, 0) is 54.2 Å². The quantitative estimate of drug-likeness (QED) is 0.754. The summed E-state index contributed by atoms with van der Waals surface area (Å²) in [5.41, 5.74) is 2.08. The van der Waals surface area contributed by atoms with Gasteiger partial charge < -0.3 is 5.32 Å². The molecule has 7 heteroatoms. The number of carbonyl (C=O) groups excluding carboxylic acids is 1. The van der Waals surface area contributed by atoms with Crippen LogP contribution in [0, 0.1) is 0 Å². The van der Waals surface area contributed by atoms with E-state index >= 15 is 0 Å². The molecule has 2 aromatic carbocycles. The number of nitrogens with zero attached hydrogens (tertiary/aromatic N) is 1. The maximum Gasteiger partial charge on any atom is 0.262 e. The van der Waals surface area contributed by atoms with Crippen LogP contribution in [0.15, 0.2) is 58.4 Å². The molecule has 30 heavy (non-hydrogen) atoms. The summed E-state index contributed by atoms with van der Waals surface area (Å²) in [5, 5.41) is 2.78. The average molecular weight is 428 g/mol. The fourth-order valence-corrected chi connectivity index (χ4v) is 4.37. The van der Waals surface area contributed by atoms with Gasteiger partial charge in [0.25, 0.3) is 15.9 Å². The maximum absolute atomic E-state index is 12.7. The molecule has 1 heterocycles. The van der Waals surface area contributed by atoms with Gasteiger partial charge in [0.1, 0.15) is 5.84 Å². The molecule has 0 bridgehead atoms. The number of amides is 1. The fraction of sp³-hybridized carbons (Fsp3) is 0.391. The van der Waals surface area contributed by atoms with E-state index in [0.717, 1.165) is 24.8 Å². The summed E-state index contributed by atoms with van der Waals surface area (Å²) < 4.78 is 28.1. The van der Waals surface area contributed by atoms with E-state index in [0.29, 0.717) is 30.1 Å². The highest BCUT2D eigenvalue weighted by Gasteiger charge is 2.18. The molecular formula is C23H29N3O3S. The first-order valence-corrected chi connectivity index (χ1v) is 11.7. The van der Waals surface area contributed by atoms with Crippen LogP contribution in [0.4, 0.5) is 5.69 Å². The number of anilines is 1. The van der Waals surface area contributed by atoms with E-state index in [9.17, 15) is 13.2 Å². The third-order valence-corrected chi connectivity index (χ3v) is 6.42. The van der Waals surface area contributed by atoms with Crippen molar-refractivity contribution in [1.82, 2.24) is 4.72 Å².